The van der Waals surface area contributed by atoms with Crippen molar-refractivity contribution in [2.45, 2.75) is 6.92 Å². The minimum Gasteiger partial charge on any atom is -0.493 e. The van der Waals surface area contributed by atoms with Crippen LogP contribution in [0.2, 0.25) is 0 Å². The molecule has 1 aliphatic rings. The van der Waals surface area contributed by atoms with Gasteiger partial charge in [-0.15, -0.1) is 0 Å². The van der Waals surface area contributed by atoms with Gasteiger partial charge in [-0.3, -0.25) is 9.59 Å². The number of amides is 1. The number of methoxy groups -OCH3 is 1. The molecule has 0 radical (unpaired) electrons. The quantitative estimate of drug-likeness (QED) is 0.329. The van der Waals surface area contributed by atoms with Crippen LogP contribution in [0.15, 0.2) is 54.1 Å². The second-order valence-corrected chi connectivity index (χ2v) is 6.79. The van der Waals surface area contributed by atoms with E-state index < -0.39 is 5.97 Å². The maximum Gasteiger partial charge on any atom is 0.308 e. The van der Waals surface area contributed by atoms with E-state index in [1.165, 1.54) is 20.1 Å². The van der Waals surface area contributed by atoms with E-state index >= 15 is 0 Å². The Labute approximate surface area is 175 Å². The van der Waals surface area contributed by atoms with Crippen molar-refractivity contribution in [2.75, 3.05) is 38.2 Å². The number of hydrogen-bond acceptors (Lipinski definition) is 6. The molecule has 7 heteroatoms. The summed E-state index contributed by atoms with van der Waals surface area (Å²) in [6.07, 6.45) is 1.52. The van der Waals surface area contributed by atoms with Crippen molar-refractivity contribution in [3.63, 3.8) is 0 Å². The van der Waals surface area contributed by atoms with Crippen molar-refractivity contribution < 1.29 is 19.1 Å². The number of carbonyl (C=O) groups is 2. The van der Waals surface area contributed by atoms with Gasteiger partial charge in [0.1, 0.15) is 11.6 Å². The summed E-state index contributed by atoms with van der Waals surface area (Å²) in [6.45, 7) is 3.80. The Hall–Kier alpha value is -3.79. The van der Waals surface area contributed by atoms with E-state index in [0.29, 0.717) is 37.5 Å². The number of anilines is 1. The smallest absolute Gasteiger partial charge is 0.308 e. The lowest BCUT2D eigenvalue weighted by molar-refractivity contribution is -0.132. The molecule has 7 nitrogen and oxygen atoms in total. The van der Waals surface area contributed by atoms with E-state index in [0.717, 1.165) is 5.69 Å². The lowest BCUT2D eigenvalue weighted by Gasteiger charge is -2.36. The summed E-state index contributed by atoms with van der Waals surface area (Å²) >= 11 is 0. The molecular weight excluding hydrogens is 382 g/mol. The highest BCUT2D eigenvalue weighted by Gasteiger charge is 2.24. The van der Waals surface area contributed by atoms with Crippen molar-refractivity contribution in [2.24, 2.45) is 0 Å². The van der Waals surface area contributed by atoms with Gasteiger partial charge in [-0.2, -0.15) is 5.26 Å². The van der Waals surface area contributed by atoms with Crippen LogP contribution < -0.4 is 14.4 Å². The van der Waals surface area contributed by atoms with Gasteiger partial charge in [-0.1, -0.05) is 24.3 Å². The third kappa shape index (κ3) is 4.97. The van der Waals surface area contributed by atoms with Crippen LogP contribution in [0.3, 0.4) is 0 Å². The molecule has 3 rings (SSSR count). The number of piperazine rings is 1. The molecule has 0 atom stereocenters. The van der Waals surface area contributed by atoms with E-state index in [4.69, 9.17) is 9.47 Å². The number of ether oxygens (including phenoxy) is 2. The van der Waals surface area contributed by atoms with Crippen LogP contribution in [-0.2, 0) is 9.59 Å². The lowest BCUT2D eigenvalue weighted by atomic mass is 10.1. The molecule has 1 aliphatic heterocycles. The Morgan fingerprint density at radius 2 is 1.73 bits per heavy atom. The second kappa shape index (κ2) is 9.61. The zero-order valence-corrected chi connectivity index (χ0v) is 17.0. The Kier molecular flexibility index (Phi) is 6.71. The van der Waals surface area contributed by atoms with Crippen LogP contribution in [0.25, 0.3) is 6.08 Å². The van der Waals surface area contributed by atoms with Gasteiger partial charge in [0, 0.05) is 38.8 Å². The largest absolute Gasteiger partial charge is 0.493 e. The summed E-state index contributed by atoms with van der Waals surface area (Å²) in [7, 11) is 1.46. The molecule has 0 unspecified atom stereocenters. The molecule has 1 saturated heterocycles. The van der Waals surface area contributed by atoms with Crippen LogP contribution in [0.4, 0.5) is 5.69 Å². The highest BCUT2D eigenvalue weighted by molar-refractivity contribution is 6.01. The van der Waals surface area contributed by atoms with Crippen LogP contribution in [0, 0.1) is 11.3 Å². The SMILES string of the molecule is COc1cc(/C=C(/C#N)C(=O)N2CCN(c3ccccc3)CC2)ccc1OC(C)=O. The summed E-state index contributed by atoms with van der Waals surface area (Å²) < 4.78 is 10.3. The van der Waals surface area contributed by atoms with Crippen molar-refractivity contribution in [3.05, 3.63) is 59.7 Å². The summed E-state index contributed by atoms with van der Waals surface area (Å²) in [5.41, 5.74) is 1.78. The molecule has 1 heterocycles. The fourth-order valence-electron chi connectivity index (χ4n) is 3.30. The normalized spacial score (nSPS) is 14.1. The van der Waals surface area contributed by atoms with E-state index in [-0.39, 0.29) is 17.2 Å². The van der Waals surface area contributed by atoms with Crippen molar-refractivity contribution >= 4 is 23.6 Å². The number of nitrogens with zero attached hydrogens (tertiary/aromatic N) is 3. The van der Waals surface area contributed by atoms with Crippen molar-refractivity contribution in [1.82, 2.24) is 4.90 Å². The zero-order chi connectivity index (χ0) is 21.5. The average molecular weight is 405 g/mol. The van der Waals surface area contributed by atoms with E-state index in [9.17, 15) is 14.9 Å². The highest BCUT2D eigenvalue weighted by atomic mass is 16.6. The third-order valence-corrected chi connectivity index (χ3v) is 4.79. The van der Waals surface area contributed by atoms with Gasteiger partial charge >= 0.3 is 5.97 Å². The molecule has 0 saturated carbocycles. The number of carbonyl (C=O) groups excluding carboxylic acids is 2. The minimum atomic E-state index is -0.459. The summed E-state index contributed by atoms with van der Waals surface area (Å²) in [5.74, 6) is -0.128. The maximum absolute atomic E-state index is 12.9. The number of benzene rings is 2. The Balaban J connectivity index is 1.71. The maximum atomic E-state index is 12.9. The molecule has 1 amide bonds. The summed E-state index contributed by atoms with van der Waals surface area (Å²) in [4.78, 5) is 28.0. The Bertz CT molecular complexity index is 987. The first-order valence-electron chi connectivity index (χ1n) is 9.59. The molecule has 0 aliphatic carbocycles. The van der Waals surface area contributed by atoms with Gasteiger partial charge in [0.2, 0.25) is 0 Å². The molecule has 0 bridgehead atoms. The van der Waals surface area contributed by atoms with Crippen LogP contribution in [0.1, 0.15) is 12.5 Å². The first kappa shape index (κ1) is 20.9. The molecule has 0 N–H and O–H groups in total. The van der Waals surface area contributed by atoms with Crippen LogP contribution >= 0.6 is 0 Å². The molecule has 154 valence electrons. The van der Waals surface area contributed by atoms with Gasteiger partial charge in [-0.05, 0) is 35.9 Å². The van der Waals surface area contributed by atoms with E-state index in [2.05, 4.69) is 4.90 Å². The first-order chi connectivity index (χ1) is 14.5. The molecule has 0 spiro atoms. The molecule has 2 aromatic carbocycles. The fourth-order valence-corrected chi connectivity index (χ4v) is 3.30. The predicted octanol–water partition coefficient (Wildman–Crippen LogP) is 2.88. The molecule has 30 heavy (non-hydrogen) atoms. The lowest BCUT2D eigenvalue weighted by Crippen LogP contribution is -2.49. The number of nitriles is 1. The predicted molar refractivity (Wildman–Crippen MR) is 113 cm³/mol. The Morgan fingerprint density at radius 1 is 1.03 bits per heavy atom. The third-order valence-electron chi connectivity index (χ3n) is 4.79. The number of para-hydroxylation sites is 1. The topological polar surface area (TPSA) is 82.9 Å². The van der Waals surface area contributed by atoms with Crippen molar-refractivity contribution in [3.8, 4) is 17.6 Å². The van der Waals surface area contributed by atoms with E-state index in [1.807, 2.05) is 36.4 Å². The summed E-state index contributed by atoms with van der Waals surface area (Å²) in [6, 6.07) is 16.9. The first-order valence-corrected chi connectivity index (χ1v) is 9.59. The minimum absolute atomic E-state index is 0.0467. The molecule has 1 fully saturated rings. The molecule has 2 aromatic rings. The number of rotatable bonds is 5. The number of esters is 1. The average Bonchev–Trinajstić information content (AvgIpc) is 2.78. The highest BCUT2D eigenvalue weighted by Crippen LogP contribution is 2.29. The fraction of sp³-hybridized carbons (Fsp3) is 0.261. The summed E-state index contributed by atoms with van der Waals surface area (Å²) in [5, 5.41) is 9.54. The van der Waals surface area contributed by atoms with Crippen LogP contribution in [0.5, 0.6) is 11.5 Å². The molecule has 0 aromatic heterocycles. The monoisotopic (exact) mass is 405 g/mol. The van der Waals surface area contributed by atoms with Gasteiger partial charge in [0.25, 0.3) is 5.91 Å². The zero-order valence-electron chi connectivity index (χ0n) is 17.0. The van der Waals surface area contributed by atoms with Gasteiger partial charge < -0.3 is 19.3 Å². The molecular formula is C23H23N3O4. The van der Waals surface area contributed by atoms with Crippen LogP contribution in [-0.4, -0.2) is 50.1 Å². The van der Waals surface area contributed by atoms with Gasteiger partial charge in [-0.25, -0.2) is 0 Å². The number of hydrogen-bond donors (Lipinski definition) is 0. The van der Waals surface area contributed by atoms with Gasteiger partial charge in [0.05, 0.1) is 7.11 Å². The van der Waals surface area contributed by atoms with E-state index in [1.54, 1.807) is 23.1 Å². The standard InChI is InChI=1S/C23H23N3O4/c1-17(27)30-21-9-8-18(15-22(21)29-2)14-19(16-24)23(28)26-12-10-25(11-13-26)20-6-4-3-5-7-20/h3-9,14-15H,10-13H2,1-2H3/b19-14-. The second-order valence-electron chi connectivity index (χ2n) is 6.79. The Morgan fingerprint density at radius 3 is 2.33 bits per heavy atom. The van der Waals surface area contributed by atoms with Crippen molar-refractivity contribution in [1.29, 1.82) is 5.26 Å². The van der Waals surface area contributed by atoms with Gasteiger partial charge in [0.15, 0.2) is 11.5 Å².